The molecule has 0 atom stereocenters. The van der Waals surface area contributed by atoms with Gasteiger partial charge in [0.2, 0.25) is 5.91 Å². The van der Waals surface area contributed by atoms with Crippen LogP contribution in [-0.4, -0.2) is 71.0 Å². The lowest BCUT2D eigenvalue weighted by Gasteiger charge is -2.35. The summed E-state index contributed by atoms with van der Waals surface area (Å²) in [6.07, 6.45) is 5.32. The Bertz CT molecular complexity index is 804. The van der Waals surface area contributed by atoms with Crippen molar-refractivity contribution >= 4 is 22.8 Å². The fourth-order valence-electron chi connectivity index (χ4n) is 3.93. The number of ether oxygens (including phenoxy) is 1. The smallest absolute Gasteiger partial charge is 0.254 e. The summed E-state index contributed by atoms with van der Waals surface area (Å²) in [5.74, 6) is 0.844. The van der Waals surface area contributed by atoms with E-state index in [-0.39, 0.29) is 11.8 Å². The van der Waals surface area contributed by atoms with Crippen LogP contribution in [0.4, 0.5) is 0 Å². The van der Waals surface area contributed by atoms with Crippen molar-refractivity contribution < 1.29 is 14.3 Å². The van der Waals surface area contributed by atoms with Crippen LogP contribution < -0.4 is 0 Å². The molecule has 1 aromatic heterocycles. The average Bonchev–Trinajstić information content (AvgIpc) is 3.20. The van der Waals surface area contributed by atoms with E-state index < -0.39 is 0 Å². The molecule has 0 spiro atoms. The van der Waals surface area contributed by atoms with Crippen molar-refractivity contribution in [1.82, 2.24) is 19.8 Å². The van der Waals surface area contributed by atoms with Gasteiger partial charge in [0, 0.05) is 51.4 Å². The summed E-state index contributed by atoms with van der Waals surface area (Å²) in [6.45, 7) is 4.05. The van der Waals surface area contributed by atoms with Gasteiger partial charge in [-0.15, -0.1) is 0 Å². The maximum absolute atomic E-state index is 12.8. The molecule has 1 aromatic carbocycles. The van der Waals surface area contributed by atoms with Crippen molar-refractivity contribution in [3.05, 3.63) is 30.1 Å². The van der Waals surface area contributed by atoms with E-state index in [1.54, 1.807) is 6.33 Å². The Balaban J connectivity index is 1.27. The van der Waals surface area contributed by atoms with Crippen LogP contribution in [0.5, 0.6) is 0 Å². The highest BCUT2D eigenvalue weighted by atomic mass is 16.5. The number of nitrogens with one attached hydrogen (secondary N) is 1. The molecule has 0 radical (unpaired) electrons. The molecule has 0 saturated carbocycles. The molecule has 2 aliphatic heterocycles. The first kappa shape index (κ1) is 18.0. The third-order valence-corrected chi connectivity index (χ3v) is 5.69. The molecule has 2 fully saturated rings. The molecule has 0 aliphatic carbocycles. The zero-order chi connectivity index (χ0) is 18.6. The van der Waals surface area contributed by atoms with Crippen LogP contribution in [0.15, 0.2) is 24.5 Å². The number of nitrogens with zero attached hydrogens (tertiary/aromatic N) is 3. The van der Waals surface area contributed by atoms with Gasteiger partial charge in [0.1, 0.15) is 0 Å². The number of amides is 2. The number of hydrogen-bond donors (Lipinski definition) is 1. The second-order valence-corrected chi connectivity index (χ2v) is 7.40. The lowest BCUT2D eigenvalue weighted by atomic mass is 9.94. The Hall–Kier alpha value is -2.41. The van der Waals surface area contributed by atoms with Gasteiger partial charge < -0.3 is 19.5 Å². The number of aromatic nitrogens is 2. The van der Waals surface area contributed by atoms with Gasteiger partial charge >= 0.3 is 0 Å². The number of carbonyl (C=O) groups excluding carboxylic acids is 2. The van der Waals surface area contributed by atoms with Crippen LogP contribution in [0, 0.1) is 5.92 Å². The zero-order valence-corrected chi connectivity index (χ0v) is 15.5. The summed E-state index contributed by atoms with van der Waals surface area (Å²) < 4.78 is 5.37. The molecule has 0 bridgehead atoms. The molecule has 2 aromatic rings. The minimum Gasteiger partial charge on any atom is -0.381 e. The molecular weight excluding hydrogens is 344 g/mol. The molecule has 2 aliphatic rings. The molecule has 7 heteroatoms. The van der Waals surface area contributed by atoms with Gasteiger partial charge in [-0.05, 0) is 43.4 Å². The standard InChI is InChI=1S/C20H26N4O3/c25-19(4-1-15-5-11-27-12-6-15)23-7-9-24(10-8-23)20(26)16-2-3-17-18(13-16)22-14-21-17/h2-3,13-15H,1,4-12H2,(H,21,22). The summed E-state index contributed by atoms with van der Waals surface area (Å²) in [6, 6.07) is 5.52. The number of H-pyrrole nitrogens is 1. The maximum Gasteiger partial charge on any atom is 0.254 e. The molecule has 0 unspecified atom stereocenters. The van der Waals surface area contributed by atoms with Crippen LogP contribution in [0.25, 0.3) is 11.0 Å². The average molecular weight is 370 g/mol. The van der Waals surface area contributed by atoms with E-state index in [9.17, 15) is 9.59 Å². The summed E-state index contributed by atoms with van der Waals surface area (Å²) in [5, 5.41) is 0. The van der Waals surface area contributed by atoms with Gasteiger partial charge in [-0.3, -0.25) is 9.59 Å². The number of fused-ring (bicyclic) bond motifs is 1. The second-order valence-electron chi connectivity index (χ2n) is 7.40. The minimum absolute atomic E-state index is 0.0146. The van der Waals surface area contributed by atoms with Crippen LogP contribution in [0.1, 0.15) is 36.0 Å². The lowest BCUT2D eigenvalue weighted by Crippen LogP contribution is -2.50. The lowest BCUT2D eigenvalue weighted by molar-refractivity contribution is -0.133. The van der Waals surface area contributed by atoms with E-state index >= 15 is 0 Å². The minimum atomic E-state index is 0.0146. The summed E-state index contributed by atoms with van der Waals surface area (Å²) >= 11 is 0. The Morgan fingerprint density at radius 3 is 2.63 bits per heavy atom. The van der Waals surface area contributed by atoms with Crippen LogP contribution in [-0.2, 0) is 9.53 Å². The van der Waals surface area contributed by atoms with Crippen LogP contribution in [0.3, 0.4) is 0 Å². The van der Waals surface area contributed by atoms with E-state index in [1.807, 2.05) is 28.0 Å². The summed E-state index contributed by atoms with van der Waals surface area (Å²) in [4.78, 5) is 36.2. The van der Waals surface area contributed by atoms with E-state index in [1.165, 1.54) is 0 Å². The Kier molecular flexibility index (Phi) is 5.38. The summed E-state index contributed by atoms with van der Waals surface area (Å²) in [7, 11) is 0. The van der Waals surface area contributed by atoms with Crippen molar-refractivity contribution in [2.75, 3.05) is 39.4 Å². The molecular formula is C20H26N4O3. The van der Waals surface area contributed by atoms with Crippen molar-refractivity contribution in [2.45, 2.75) is 25.7 Å². The number of aromatic amines is 1. The number of hydrogen-bond acceptors (Lipinski definition) is 4. The van der Waals surface area contributed by atoms with Gasteiger partial charge in [-0.1, -0.05) is 0 Å². The van der Waals surface area contributed by atoms with Crippen molar-refractivity contribution in [3.63, 3.8) is 0 Å². The van der Waals surface area contributed by atoms with Crippen LogP contribution >= 0.6 is 0 Å². The van der Waals surface area contributed by atoms with Gasteiger partial charge in [-0.25, -0.2) is 4.98 Å². The van der Waals surface area contributed by atoms with Crippen LogP contribution in [0.2, 0.25) is 0 Å². The van der Waals surface area contributed by atoms with Crippen molar-refractivity contribution in [2.24, 2.45) is 5.92 Å². The largest absolute Gasteiger partial charge is 0.381 e. The normalized spacial score (nSPS) is 18.8. The van der Waals surface area contributed by atoms with Crippen molar-refractivity contribution in [1.29, 1.82) is 0 Å². The quantitative estimate of drug-likeness (QED) is 0.893. The molecule has 1 N–H and O–H groups in total. The third-order valence-electron chi connectivity index (χ3n) is 5.69. The topological polar surface area (TPSA) is 78.5 Å². The maximum atomic E-state index is 12.8. The van der Waals surface area contributed by atoms with Gasteiger partial charge in [-0.2, -0.15) is 0 Å². The molecule has 27 heavy (non-hydrogen) atoms. The Morgan fingerprint density at radius 1 is 1.11 bits per heavy atom. The Morgan fingerprint density at radius 2 is 1.85 bits per heavy atom. The van der Waals surface area contributed by atoms with Crippen molar-refractivity contribution in [3.8, 4) is 0 Å². The van der Waals surface area contributed by atoms with E-state index in [4.69, 9.17) is 4.74 Å². The molecule has 2 amide bonds. The first-order valence-electron chi connectivity index (χ1n) is 9.78. The molecule has 2 saturated heterocycles. The highest BCUT2D eigenvalue weighted by molar-refractivity contribution is 5.97. The molecule has 4 rings (SSSR count). The third kappa shape index (κ3) is 4.13. The van der Waals surface area contributed by atoms with E-state index in [0.717, 1.165) is 43.5 Å². The monoisotopic (exact) mass is 370 g/mol. The molecule has 7 nitrogen and oxygen atoms in total. The fraction of sp³-hybridized carbons (Fsp3) is 0.550. The molecule has 3 heterocycles. The Labute approximate surface area is 158 Å². The number of carbonyl (C=O) groups is 2. The van der Waals surface area contributed by atoms with E-state index in [0.29, 0.717) is 44.1 Å². The second kappa shape index (κ2) is 8.08. The number of benzene rings is 1. The fourth-order valence-corrected chi connectivity index (χ4v) is 3.93. The predicted molar refractivity (Wildman–Crippen MR) is 101 cm³/mol. The first-order valence-corrected chi connectivity index (χ1v) is 9.78. The predicted octanol–water partition coefficient (Wildman–Crippen LogP) is 2.05. The first-order chi connectivity index (χ1) is 13.2. The number of piperazine rings is 1. The number of rotatable bonds is 4. The number of imidazole rings is 1. The van der Waals surface area contributed by atoms with E-state index in [2.05, 4.69) is 9.97 Å². The highest BCUT2D eigenvalue weighted by Gasteiger charge is 2.25. The highest BCUT2D eigenvalue weighted by Crippen LogP contribution is 2.21. The van der Waals surface area contributed by atoms with Gasteiger partial charge in [0.25, 0.3) is 5.91 Å². The summed E-state index contributed by atoms with van der Waals surface area (Å²) in [5.41, 5.74) is 2.38. The van der Waals surface area contributed by atoms with Gasteiger partial charge in [0.15, 0.2) is 0 Å². The SMILES string of the molecule is O=C(CCC1CCOCC1)N1CCN(C(=O)c2ccc3nc[nH]c3c2)CC1. The zero-order valence-electron chi connectivity index (χ0n) is 15.5. The van der Waals surface area contributed by atoms with Gasteiger partial charge in [0.05, 0.1) is 17.4 Å². The molecule has 144 valence electrons.